The highest BCUT2D eigenvalue weighted by molar-refractivity contribution is 5.71. The number of hydrogen-bond donors (Lipinski definition) is 0. The van der Waals surface area contributed by atoms with Crippen molar-refractivity contribution in [1.29, 1.82) is 0 Å². The van der Waals surface area contributed by atoms with Crippen LogP contribution in [0.5, 0.6) is 0 Å². The van der Waals surface area contributed by atoms with Crippen molar-refractivity contribution in [2.24, 2.45) is 11.8 Å². The van der Waals surface area contributed by atoms with E-state index in [1.165, 1.54) is 250 Å². The van der Waals surface area contributed by atoms with Gasteiger partial charge in [-0.05, 0) is 31.1 Å². The molecule has 0 bridgehead atoms. The lowest BCUT2D eigenvalue weighted by Crippen LogP contribution is -2.30. The molecule has 0 aromatic heterocycles. The molecule has 0 amide bonds. The summed E-state index contributed by atoms with van der Waals surface area (Å²) in [7, 11) is 0. The molecule has 416 valence electrons. The fourth-order valence-electron chi connectivity index (χ4n) is 9.93. The molecule has 0 aliphatic carbocycles. The van der Waals surface area contributed by atoms with Gasteiger partial charge in [-0.2, -0.15) is 0 Å². The normalized spacial score (nSPS) is 12.0. The molecule has 0 spiro atoms. The Morgan fingerprint density at radius 2 is 0.471 bits per heavy atom. The Labute approximate surface area is 438 Å². The van der Waals surface area contributed by atoms with Gasteiger partial charge in [-0.25, -0.2) is 0 Å². The third-order valence-electron chi connectivity index (χ3n) is 14.7. The molecule has 0 aliphatic rings. The van der Waals surface area contributed by atoms with E-state index in [0.29, 0.717) is 19.3 Å². The minimum absolute atomic E-state index is 0.0618. The number of esters is 3. The average molecular weight is 990 g/mol. The van der Waals surface area contributed by atoms with Gasteiger partial charge >= 0.3 is 17.9 Å². The van der Waals surface area contributed by atoms with E-state index in [1.807, 2.05) is 0 Å². The summed E-state index contributed by atoms with van der Waals surface area (Å²) in [4.78, 5) is 38.3. The van der Waals surface area contributed by atoms with Crippen LogP contribution in [0.2, 0.25) is 0 Å². The zero-order valence-electron chi connectivity index (χ0n) is 48.2. The molecule has 6 nitrogen and oxygen atoms in total. The lowest BCUT2D eigenvalue weighted by Gasteiger charge is -2.18. The molecular formula is C64H124O6. The summed E-state index contributed by atoms with van der Waals surface area (Å²) >= 11 is 0. The predicted molar refractivity (Wildman–Crippen MR) is 303 cm³/mol. The molecule has 0 unspecified atom stereocenters. The van der Waals surface area contributed by atoms with Gasteiger partial charge in [0.15, 0.2) is 6.10 Å². The van der Waals surface area contributed by atoms with E-state index in [2.05, 4.69) is 34.6 Å². The van der Waals surface area contributed by atoms with Crippen molar-refractivity contribution in [3.63, 3.8) is 0 Å². The van der Waals surface area contributed by atoms with Gasteiger partial charge in [0, 0.05) is 19.3 Å². The molecule has 0 rings (SSSR count). The second-order valence-electron chi connectivity index (χ2n) is 23.0. The Hall–Kier alpha value is -1.59. The summed E-state index contributed by atoms with van der Waals surface area (Å²) in [6.45, 7) is 11.5. The van der Waals surface area contributed by atoms with E-state index in [4.69, 9.17) is 14.2 Å². The molecule has 0 fully saturated rings. The summed E-state index contributed by atoms with van der Waals surface area (Å²) in [6.07, 6.45) is 62.4. The van der Waals surface area contributed by atoms with Crippen LogP contribution in [0.4, 0.5) is 0 Å². The van der Waals surface area contributed by atoms with Crippen LogP contribution in [-0.4, -0.2) is 37.2 Å². The van der Waals surface area contributed by atoms with Gasteiger partial charge in [0.1, 0.15) is 13.2 Å². The first kappa shape index (κ1) is 68.4. The fraction of sp³-hybridized carbons (Fsp3) is 0.953. The van der Waals surface area contributed by atoms with E-state index < -0.39 is 6.10 Å². The van der Waals surface area contributed by atoms with E-state index in [1.54, 1.807) is 0 Å². The minimum atomic E-state index is -0.763. The molecule has 1 atom stereocenters. The van der Waals surface area contributed by atoms with Gasteiger partial charge in [0.05, 0.1) is 0 Å². The fourth-order valence-corrected chi connectivity index (χ4v) is 9.93. The SMILES string of the molecule is CCCCCCCCCCCCCCCCCC(=O)O[C@H](COC(=O)CCCCCCCCCCCCCCCCCCCCC(C)C)COC(=O)CCCCCCCCCCCCCCCC(C)C. The summed E-state index contributed by atoms with van der Waals surface area (Å²) in [5, 5.41) is 0. The highest BCUT2D eigenvalue weighted by Gasteiger charge is 2.19. The first-order valence-corrected chi connectivity index (χ1v) is 31.7. The van der Waals surface area contributed by atoms with Crippen LogP contribution in [0.25, 0.3) is 0 Å². The van der Waals surface area contributed by atoms with Crippen molar-refractivity contribution in [2.45, 2.75) is 368 Å². The Bertz CT molecular complexity index is 1070. The van der Waals surface area contributed by atoms with Crippen LogP contribution >= 0.6 is 0 Å². The van der Waals surface area contributed by atoms with Crippen LogP contribution in [0.1, 0.15) is 362 Å². The van der Waals surface area contributed by atoms with Crippen LogP contribution in [-0.2, 0) is 28.6 Å². The summed E-state index contributed by atoms with van der Waals surface area (Å²) in [5.41, 5.74) is 0. The maximum atomic E-state index is 12.9. The molecule has 0 aromatic carbocycles. The van der Waals surface area contributed by atoms with Crippen molar-refractivity contribution < 1.29 is 28.6 Å². The topological polar surface area (TPSA) is 78.9 Å². The van der Waals surface area contributed by atoms with Crippen molar-refractivity contribution in [3.05, 3.63) is 0 Å². The van der Waals surface area contributed by atoms with Gasteiger partial charge in [-0.3, -0.25) is 14.4 Å². The zero-order valence-corrected chi connectivity index (χ0v) is 48.2. The third kappa shape index (κ3) is 57.3. The van der Waals surface area contributed by atoms with Crippen LogP contribution in [0.15, 0.2) is 0 Å². The number of carbonyl (C=O) groups is 3. The van der Waals surface area contributed by atoms with Crippen molar-refractivity contribution >= 4 is 17.9 Å². The number of ether oxygens (including phenoxy) is 3. The Kier molecular flexibility index (Phi) is 55.4. The van der Waals surface area contributed by atoms with Crippen LogP contribution in [0, 0.1) is 11.8 Å². The molecule has 0 aromatic rings. The maximum Gasteiger partial charge on any atom is 0.306 e. The number of rotatable bonds is 58. The first-order chi connectivity index (χ1) is 34.2. The van der Waals surface area contributed by atoms with E-state index in [0.717, 1.165) is 69.6 Å². The minimum Gasteiger partial charge on any atom is -0.462 e. The maximum absolute atomic E-state index is 12.9. The van der Waals surface area contributed by atoms with Crippen molar-refractivity contribution in [3.8, 4) is 0 Å². The number of hydrogen-bond acceptors (Lipinski definition) is 6. The van der Waals surface area contributed by atoms with Gasteiger partial charge in [0.25, 0.3) is 0 Å². The molecule has 0 radical (unpaired) electrons. The first-order valence-electron chi connectivity index (χ1n) is 31.7. The highest BCUT2D eigenvalue weighted by Crippen LogP contribution is 2.19. The molecule has 6 heteroatoms. The molecule has 0 heterocycles. The second-order valence-corrected chi connectivity index (χ2v) is 23.0. The van der Waals surface area contributed by atoms with Gasteiger partial charge in [0.2, 0.25) is 0 Å². The highest BCUT2D eigenvalue weighted by atomic mass is 16.6. The Morgan fingerprint density at radius 3 is 0.700 bits per heavy atom. The Morgan fingerprint density at radius 1 is 0.271 bits per heavy atom. The number of carbonyl (C=O) groups excluding carboxylic acids is 3. The molecule has 0 saturated heterocycles. The predicted octanol–water partition coefficient (Wildman–Crippen LogP) is 21.2. The smallest absolute Gasteiger partial charge is 0.306 e. The molecule has 0 aliphatic heterocycles. The average Bonchev–Trinajstić information content (AvgIpc) is 3.33. The summed E-state index contributed by atoms with van der Waals surface area (Å²) in [5.74, 6) is 0.867. The van der Waals surface area contributed by atoms with Gasteiger partial charge in [-0.1, -0.05) is 324 Å². The summed E-state index contributed by atoms with van der Waals surface area (Å²) in [6, 6.07) is 0. The second kappa shape index (κ2) is 56.7. The summed E-state index contributed by atoms with van der Waals surface area (Å²) < 4.78 is 17.0. The van der Waals surface area contributed by atoms with Crippen molar-refractivity contribution in [1.82, 2.24) is 0 Å². The Balaban J connectivity index is 4.26. The lowest BCUT2D eigenvalue weighted by molar-refractivity contribution is -0.167. The molecule has 0 saturated carbocycles. The zero-order chi connectivity index (χ0) is 51.1. The van der Waals surface area contributed by atoms with E-state index in [9.17, 15) is 14.4 Å². The third-order valence-corrected chi connectivity index (χ3v) is 14.7. The van der Waals surface area contributed by atoms with E-state index >= 15 is 0 Å². The van der Waals surface area contributed by atoms with E-state index in [-0.39, 0.29) is 31.1 Å². The van der Waals surface area contributed by atoms with Gasteiger partial charge < -0.3 is 14.2 Å². The monoisotopic (exact) mass is 989 g/mol. The quantitative estimate of drug-likeness (QED) is 0.0343. The standard InChI is InChI=1S/C64H124O6/c1-6-7-8-9-10-11-12-13-18-25-31-36-41-46-51-56-64(67)70-61(58-69-63(66)55-50-45-40-35-30-26-21-23-28-33-38-43-48-53-60(4)5)57-68-62(65)54-49-44-39-34-29-24-20-17-15-14-16-19-22-27-32-37-42-47-52-59(2)3/h59-61H,6-58H2,1-5H3/t61-/m1/s1. The molecule has 70 heavy (non-hydrogen) atoms. The van der Waals surface area contributed by atoms with Crippen LogP contribution < -0.4 is 0 Å². The van der Waals surface area contributed by atoms with Crippen molar-refractivity contribution in [2.75, 3.05) is 13.2 Å². The molecular weight excluding hydrogens is 865 g/mol. The van der Waals surface area contributed by atoms with Gasteiger partial charge in [-0.15, -0.1) is 0 Å². The largest absolute Gasteiger partial charge is 0.462 e. The lowest BCUT2D eigenvalue weighted by atomic mass is 10.0. The van der Waals surface area contributed by atoms with Crippen LogP contribution in [0.3, 0.4) is 0 Å². The molecule has 0 N–H and O–H groups in total. The number of unbranched alkanes of at least 4 members (excludes halogenated alkanes) is 43.